The average Bonchev–Trinajstić information content (AvgIpc) is 2.19. The highest BCUT2D eigenvalue weighted by molar-refractivity contribution is 6.03. The Labute approximate surface area is 76.5 Å². The molecule has 2 heteroatoms. The van der Waals surface area contributed by atoms with Gasteiger partial charge in [-0.2, -0.15) is 0 Å². The van der Waals surface area contributed by atoms with Crippen molar-refractivity contribution < 1.29 is 9.90 Å². The predicted octanol–water partition coefficient (Wildman–Crippen LogP) is 2.56. The van der Waals surface area contributed by atoms with E-state index >= 15 is 0 Å². The maximum absolute atomic E-state index is 11.4. The molecule has 1 aromatic carbocycles. The number of carbonyl (C=O) groups is 1. The van der Waals surface area contributed by atoms with E-state index in [1.165, 1.54) is 0 Å². The Morgan fingerprint density at radius 3 is 2.54 bits per heavy atom. The summed E-state index contributed by atoms with van der Waals surface area (Å²) >= 11 is 0. The molecule has 0 aromatic heterocycles. The molecular weight excluding hydrogens is 164 g/mol. The van der Waals surface area contributed by atoms with Gasteiger partial charge in [-0.3, -0.25) is 4.79 Å². The molecule has 1 aromatic rings. The Bertz CT molecular complexity index is 377. The summed E-state index contributed by atoms with van der Waals surface area (Å²) in [6.45, 7) is 0. The fourth-order valence-electron chi connectivity index (χ4n) is 1.66. The maximum Gasteiger partial charge on any atom is 0.163 e. The van der Waals surface area contributed by atoms with Crippen LogP contribution in [0.2, 0.25) is 0 Å². The first-order valence-corrected chi connectivity index (χ1v) is 4.29. The van der Waals surface area contributed by atoms with Crippen molar-refractivity contribution in [2.75, 3.05) is 0 Å². The zero-order valence-electron chi connectivity index (χ0n) is 7.16. The van der Waals surface area contributed by atoms with Crippen LogP contribution in [0.5, 0.6) is 0 Å². The number of aliphatic hydroxyl groups is 1. The Kier molecular flexibility index (Phi) is 1.89. The van der Waals surface area contributed by atoms with Gasteiger partial charge >= 0.3 is 0 Å². The molecule has 0 spiro atoms. The molecule has 0 amide bonds. The van der Waals surface area contributed by atoms with E-state index in [0.29, 0.717) is 12.8 Å². The second-order valence-electron chi connectivity index (χ2n) is 3.12. The van der Waals surface area contributed by atoms with E-state index < -0.39 is 0 Å². The van der Waals surface area contributed by atoms with E-state index in [1.807, 2.05) is 18.2 Å². The number of aliphatic hydroxyl groups excluding tert-OH is 1. The van der Waals surface area contributed by atoms with Gasteiger partial charge in [-0.05, 0) is 17.6 Å². The number of fused-ring (bicyclic) bond motifs is 1. The van der Waals surface area contributed by atoms with Crippen molar-refractivity contribution in [3.8, 4) is 0 Å². The van der Waals surface area contributed by atoms with Crippen LogP contribution < -0.4 is 0 Å². The van der Waals surface area contributed by atoms with Gasteiger partial charge in [-0.25, -0.2) is 0 Å². The number of Topliss-reactive ketones (excluding diaryl/α,β-unsaturated/α-hetero) is 1. The van der Waals surface area contributed by atoms with Crippen LogP contribution in [0.4, 0.5) is 0 Å². The van der Waals surface area contributed by atoms with Gasteiger partial charge in [0.25, 0.3) is 0 Å². The van der Waals surface area contributed by atoms with Crippen molar-refractivity contribution in [2.45, 2.75) is 12.8 Å². The highest BCUT2D eigenvalue weighted by Gasteiger charge is 2.19. The number of hydrogen-bond acceptors (Lipinski definition) is 2. The molecule has 0 bridgehead atoms. The average molecular weight is 174 g/mol. The van der Waals surface area contributed by atoms with Gasteiger partial charge < -0.3 is 5.11 Å². The van der Waals surface area contributed by atoms with Crippen molar-refractivity contribution in [1.29, 1.82) is 0 Å². The van der Waals surface area contributed by atoms with Crippen LogP contribution >= 0.6 is 0 Å². The van der Waals surface area contributed by atoms with Crippen molar-refractivity contribution in [3.63, 3.8) is 0 Å². The lowest BCUT2D eigenvalue weighted by molar-refractivity contribution is 0.0980. The standard InChI is InChI=1S/C11H10O2/c12-7-8-5-6-11(13)10-4-2-1-3-9(8)10/h1-4,7,12H,5-6H2. The molecule has 0 unspecified atom stereocenters. The highest BCUT2D eigenvalue weighted by Crippen LogP contribution is 2.29. The molecule has 0 saturated heterocycles. The molecular formula is C11H10O2. The minimum atomic E-state index is 0.168. The number of rotatable bonds is 0. The van der Waals surface area contributed by atoms with E-state index in [0.717, 1.165) is 23.0 Å². The molecule has 2 rings (SSSR count). The minimum Gasteiger partial charge on any atom is -0.515 e. The normalized spacial score (nSPS) is 18.8. The molecule has 1 aliphatic carbocycles. The van der Waals surface area contributed by atoms with Gasteiger partial charge in [0.1, 0.15) is 0 Å². The number of hydrogen-bond donors (Lipinski definition) is 1. The summed E-state index contributed by atoms with van der Waals surface area (Å²) in [7, 11) is 0. The molecule has 0 heterocycles. The fourth-order valence-corrected chi connectivity index (χ4v) is 1.66. The highest BCUT2D eigenvalue weighted by atomic mass is 16.2. The van der Waals surface area contributed by atoms with Crippen molar-refractivity contribution in [1.82, 2.24) is 0 Å². The molecule has 0 saturated carbocycles. The second-order valence-corrected chi connectivity index (χ2v) is 3.12. The van der Waals surface area contributed by atoms with E-state index in [4.69, 9.17) is 5.11 Å². The summed E-state index contributed by atoms with van der Waals surface area (Å²) in [5.41, 5.74) is 2.46. The summed E-state index contributed by atoms with van der Waals surface area (Å²) < 4.78 is 0. The van der Waals surface area contributed by atoms with Gasteiger partial charge in [0.15, 0.2) is 5.78 Å². The molecule has 2 nitrogen and oxygen atoms in total. The number of allylic oxidation sites excluding steroid dienone is 1. The number of carbonyl (C=O) groups excluding carboxylic acids is 1. The van der Waals surface area contributed by atoms with Crippen LogP contribution in [0.1, 0.15) is 28.8 Å². The minimum absolute atomic E-state index is 0.168. The summed E-state index contributed by atoms with van der Waals surface area (Å²) in [6.07, 6.45) is 2.25. The SMILES string of the molecule is O=C1CCC(=CO)c2ccccc21. The molecule has 0 radical (unpaired) electrons. The van der Waals surface area contributed by atoms with Crippen molar-refractivity contribution in [2.24, 2.45) is 0 Å². The van der Waals surface area contributed by atoms with Crippen LogP contribution in [-0.4, -0.2) is 10.9 Å². The lowest BCUT2D eigenvalue weighted by Crippen LogP contribution is -2.09. The molecule has 66 valence electrons. The van der Waals surface area contributed by atoms with Gasteiger partial charge in [0.2, 0.25) is 0 Å². The Hall–Kier alpha value is -1.57. The van der Waals surface area contributed by atoms with Crippen LogP contribution in [0.15, 0.2) is 30.5 Å². The maximum atomic E-state index is 11.4. The monoisotopic (exact) mass is 174 g/mol. The van der Waals surface area contributed by atoms with E-state index in [1.54, 1.807) is 6.07 Å². The van der Waals surface area contributed by atoms with E-state index in [9.17, 15) is 4.79 Å². The molecule has 1 aliphatic rings. The summed E-state index contributed by atoms with van der Waals surface area (Å²) in [4.78, 5) is 11.4. The zero-order valence-corrected chi connectivity index (χ0v) is 7.16. The Morgan fingerprint density at radius 1 is 1.15 bits per heavy atom. The third-order valence-electron chi connectivity index (χ3n) is 2.35. The van der Waals surface area contributed by atoms with Gasteiger partial charge in [-0.15, -0.1) is 0 Å². The first-order chi connectivity index (χ1) is 6.33. The van der Waals surface area contributed by atoms with Crippen molar-refractivity contribution in [3.05, 3.63) is 41.7 Å². The summed E-state index contributed by atoms with van der Waals surface area (Å²) in [6, 6.07) is 7.40. The first kappa shape index (κ1) is 8.05. The molecule has 0 atom stereocenters. The fraction of sp³-hybridized carbons (Fsp3) is 0.182. The lowest BCUT2D eigenvalue weighted by atomic mass is 9.87. The van der Waals surface area contributed by atoms with Crippen LogP contribution in [0, 0.1) is 0 Å². The molecule has 1 N–H and O–H groups in total. The Balaban J connectivity index is 2.61. The van der Waals surface area contributed by atoms with Gasteiger partial charge in [0.05, 0.1) is 6.26 Å². The third kappa shape index (κ3) is 1.24. The predicted molar refractivity (Wildman–Crippen MR) is 50.6 cm³/mol. The second kappa shape index (κ2) is 3.05. The third-order valence-corrected chi connectivity index (χ3v) is 2.35. The number of ketones is 1. The smallest absolute Gasteiger partial charge is 0.163 e. The van der Waals surface area contributed by atoms with E-state index in [2.05, 4.69) is 0 Å². The zero-order chi connectivity index (χ0) is 9.26. The molecule has 0 aliphatic heterocycles. The van der Waals surface area contributed by atoms with Crippen LogP contribution in [0.3, 0.4) is 0 Å². The topological polar surface area (TPSA) is 37.3 Å². The molecule has 13 heavy (non-hydrogen) atoms. The Morgan fingerprint density at radius 2 is 1.85 bits per heavy atom. The summed E-state index contributed by atoms with van der Waals surface area (Å²) in [5, 5.41) is 8.95. The van der Waals surface area contributed by atoms with Crippen molar-refractivity contribution >= 4 is 11.4 Å². The molecule has 0 fully saturated rings. The largest absolute Gasteiger partial charge is 0.515 e. The van der Waals surface area contributed by atoms with Crippen LogP contribution in [-0.2, 0) is 0 Å². The first-order valence-electron chi connectivity index (χ1n) is 4.29. The lowest BCUT2D eigenvalue weighted by Gasteiger charge is -2.16. The van der Waals surface area contributed by atoms with Gasteiger partial charge in [-0.1, -0.05) is 24.3 Å². The number of benzene rings is 1. The van der Waals surface area contributed by atoms with Gasteiger partial charge in [0, 0.05) is 12.0 Å². The van der Waals surface area contributed by atoms with Crippen LogP contribution in [0.25, 0.3) is 5.57 Å². The summed E-state index contributed by atoms with van der Waals surface area (Å²) in [5.74, 6) is 0.168. The quantitative estimate of drug-likeness (QED) is 0.614. The van der Waals surface area contributed by atoms with E-state index in [-0.39, 0.29) is 5.78 Å².